The highest BCUT2D eigenvalue weighted by atomic mass is 16.5. The molecular formula is C20H23N5O3. The molecule has 1 aromatic carbocycles. The van der Waals surface area contributed by atoms with Gasteiger partial charge in [0.1, 0.15) is 11.5 Å². The van der Waals surface area contributed by atoms with Crippen LogP contribution in [-0.2, 0) is 0 Å². The zero-order chi connectivity index (χ0) is 19.8. The maximum atomic E-state index is 13.2. The average molecular weight is 381 g/mol. The largest absolute Gasteiger partial charge is 0.497 e. The van der Waals surface area contributed by atoms with Gasteiger partial charge in [0.05, 0.1) is 20.3 Å². The number of benzene rings is 1. The Bertz CT molecular complexity index is 1050. The molecule has 1 aliphatic heterocycles. The number of hydrogen-bond donors (Lipinski definition) is 0. The summed E-state index contributed by atoms with van der Waals surface area (Å²) in [5.41, 5.74) is 2.67. The molecule has 0 spiro atoms. The number of carbonyl (C=O) groups excluding carboxylic acids is 1. The molecule has 1 amide bonds. The van der Waals surface area contributed by atoms with Crippen LogP contribution in [-0.4, -0.2) is 51.2 Å². The molecule has 1 saturated heterocycles. The molecule has 28 heavy (non-hydrogen) atoms. The van der Waals surface area contributed by atoms with E-state index in [1.54, 1.807) is 18.7 Å². The first-order chi connectivity index (χ1) is 13.5. The zero-order valence-electron chi connectivity index (χ0n) is 16.5. The normalized spacial score (nSPS) is 16.6. The van der Waals surface area contributed by atoms with E-state index in [-0.39, 0.29) is 17.8 Å². The monoisotopic (exact) mass is 381 g/mol. The fourth-order valence-electron chi connectivity index (χ4n) is 3.82. The molecule has 0 radical (unpaired) electrons. The Morgan fingerprint density at radius 1 is 1.14 bits per heavy atom. The molecule has 8 heteroatoms. The molecule has 0 bridgehead atoms. The molecule has 0 N–H and O–H groups in total. The summed E-state index contributed by atoms with van der Waals surface area (Å²) in [5, 5.41) is 4.40. The Kier molecular flexibility index (Phi) is 4.62. The standard InChI is InChI=1S/C20H23N5O3/c1-12-10-13(2)25-20(21-12)22-18(23-25)19(26)24-9-5-6-16(24)15-11-14(27-3)7-8-17(15)28-4/h7-8,10-11,16H,5-6,9H2,1-4H3. The van der Waals surface area contributed by atoms with Crippen LogP contribution in [0.2, 0.25) is 0 Å². The third kappa shape index (κ3) is 3.04. The van der Waals surface area contributed by atoms with E-state index in [0.717, 1.165) is 41.3 Å². The number of fused-ring (bicyclic) bond motifs is 1. The van der Waals surface area contributed by atoms with Crippen LogP contribution in [0, 0.1) is 13.8 Å². The van der Waals surface area contributed by atoms with Crippen molar-refractivity contribution in [1.29, 1.82) is 0 Å². The lowest BCUT2D eigenvalue weighted by molar-refractivity contribution is 0.0722. The van der Waals surface area contributed by atoms with Crippen molar-refractivity contribution in [3.05, 3.63) is 47.0 Å². The summed E-state index contributed by atoms with van der Waals surface area (Å²) in [4.78, 5) is 23.8. The van der Waals surface area contributed by atoms with E-state index in [1.165, 1.54) is 0 Å². The maximum Gasteiger partial charge on any atom is 0.294 e. The molecule has 2 aromatic heterocycles. The number of carbonyl (C=O) groups is 1. The van der Waals surface area contributed by atoms with E-state index in [4.69, 9.17) is 9.47 Å². The highest BCUT2D eigenvalue weighted by molar-refractivity contribution is 5.91. The zero-order valence-corrected chi connectivity index (χ0v) is 16.5. The van der Waals surface area contributed by atoms with Gasteiger partial charge in [-0.3, -0.25) is 4.79 Å². The Balaban J connectivity index is 1.71. The van der Waals surface area contributed by atoms with Crippen LogP contribution in [0.3, 0.4) is 0 Å². The number of hydrogen-bond acceptors (Lipinski definition) is 6. The van der Waals surface area contributed by atoms with Gasteiger partial charge in [0.25, 0.3) is 11.7 Å². The quantitative estimate of drug-likeness (QED) is 0.691. The molecule has 1 atom stereocenters. The number of methoxy groups -OCH3 is 2. The molecule has 0 saturated carbocycles. The number of nitrogens with zero attached hydrogens (tertiary/aromatic N) is 5. The van der Waals surface area contributed by atoms with Crippen LogP contribution >= 0.6 is 0 Å². The molecule has 0 aliphatic carbocycles. The van der Waals surface area contributed by atoms with Crippen molar-refractivity contribution in [3.63, 3.8) is 0 Å². The SMILES string of the molecule is COc1ccc(OC)c(C2CCCN2C(=O)c2nc3nc(C)cc(C)n3n2)c1. The average Bonchev–Trinajstić information content (AvgIpc) is 3.34. The van der Waals surface area contributed by atoms with Gasteiger partial charge in [0, 0.05) is 23.5 Å². The first-order valence-corrected chi connectivity index (χ1v) is 9.25. The fraction of sp³-hybridized carbons (Fsp3) is 0.400. The van der Waals surface area contributed by atoms with E-state index >= 15 is 0 Å². The van der Waals surface area contributed by atoms with Gasteiger partial charge in [-0.05, 0) is 51.0 Å². The number of likely N-dealkylation sites (tertiary alicyclic amines) is 1. The van der Waals surface area contributed by atoms with Crippen LogP contribution in [0.15, 0.2) is 24.3 Å². The molecule has 8 nitrogen and oxygen atoms in total. The third-order valence-corrected chi connectivity index (χ3v) is 5.12. The van der Waals surface area contributed by atoms with Crippen LogP contribution in [0.4, 0.5) is 0 Å². The van der Waals surface area contributed by atoms with Crippen molar-refractivity contribution in [2.45, 2.75) is 32.7 Å². The summed E-state index contributed by atoms with van der Waals surface area (Å²) < 4.78 is 12.5. The lowest BCUT2D eigenvalue weighted by Crippen LogP contribution is -2.31. The molecule has 1 aliphatic rings. The minimum absolute atomic E-state index is 0.111. The van der Waals surface area contributed by atoms with Gasteiger partial charge in [-0.2, -0.15) is 4.98 Å². The first-order valence-electron chi connectivity index (χ1n) is 9.25. The van der Waals surface area contributed by atoms with Crippen molar-refractivity contribution in [3.8, 4) is 11.5 Å². The Morgan fingerprint density at radius 3 is 2.71 bits per heavy atom. The minimum Gasteiger partial charge on any atom is -0.497 e. The first kappa shape index (κ1) is 18.2. The van der Waals surface area contributed by atoms with Gasteiger partial charge in [0.15, 0.2) is 0 Å². The number of aromatic nitrogens is 4. The topological polar surface area (TPSA) is 81.9 Å². The predicted molar refractivity (Wildman–Crippen MR) is 103 cm³/mol. The molecular weight excluding hydrogens is 358 g/mol. The molecule has 3 heterocycles. The number of amides is 1. The van der Waals surface area contributed by atoms with Crippen LogP contribution in [0.5, 0.6) is 11.5 Å². The van der Waals surface area contributed by atoms with Crippen molar-refractivity contribution < 1.29 is 14.3 Å². The van der Waals surface area contributed by atoms with Crippen molar-refractivity contribution in [2.75, 3.05) is 20.8 Å². The van der Waals surface area contributed by atoms with Crippen molar-refractivity contribution >= 4 is 11.7 Å². The lowest BCUT2D eigenvalue weighted by Gasteiger charge is -2.25. The summed E-state index contributed by atoms with van der Waals surface area (Å²) in [6.45, 7) is 4.46. The van der Waals surface area contributed by atoms with Gasteiger partial charge in [0.2, 0.25) is 5.82 Å². The number of rotatable bonds is 4. The third-order valence-electron chi connectivity index (χ3n) is 5.12. The Hall–Kier alpha value is -3.16. The highest BCUT2D eigenvalue weighted by Gasteiger charge is 2.34. The van der Waals surface area contributed by atoms with Crippen LogP contribution < -0.4 is 9.47 Å². The predicted octanol–water partition coefficient (Wildman–Crippen LogP) is 2.74. The highest BCUT2D eigenvalue weighted by Crippen LogP contribution is 2.39. The second kappa shape index (κ2) is 7.10. The van der Waals surface area contributed by atoms with Crippen LogP contribution in [0.25, 0.3) is 5.78 Å². The van der Waals surface area contributed by atoms with Gasteiger partial charge in [-0.1, -0.05) is 0 Å². The lowest BCUT2D eigenvalue weighted by atomic mass is 10.0. The van der Waals surface area contributed by atoms with Gasteiger partial charge < -0.3 is 14.4 Å². The summed E-state index contributed by atoms with van der Waals surface area (Å²) in [6.07, 6.45) is 1.75. The summed E-state index contributed by atoms with van der Waals surface area (Å²) in [5.74, 6) is 1.87. The molecule has 146 valence electrons. The van der Waals surface area contributed by atoms with Crippen molar-refractivity contribution in [2.24, 2.45) is 0 Å². The van der Waals surface area contributed by atoms with E-state index in [0.29, 0.717) is 12.3 Å². The molecule has 4 rings (SSSR count). The fourth-order valence-corrected chi connectivity index (χ4v) is 3.82. The minimum atomic E-state index is -0.199. The molecule has 1 fully saturated rings. The summed E-state index contributed by atoms with van der Waals surface area (Å²) >= 11 is 0. The van der Waals surface area contributed by atoms with E-state index in [1.807, 2.05) is 43.0 Å². The Morgan fingerprint density at radius 2 is 1.96 bits per heavy atom. The smallest absolute Gasteiger partial charge is 0.294 e. The van der Waals surface area contributed by atoms with Gasteiger partial charge in [-0.15, -0.1) is 5.10 Å². The van der Waals surface area contributed by atoms with E-state index in [9.17, 15) is 4.79 Å². The molecule has 3 aromatic rings. The van der Waals surface area contributed by atoms with Gasteiger partial charge >= 0.3 is 0 Å². The molecule has 1 unspecified atom stereocenters. The summed E-state index contributed by atoms with van der Waals surface area (Å²) in [7, 11) is 3.26. The van der Waals surface area contributed by atoms with Gasteiger partial charge in [-0.25, -0.2) is 9.50 Å². The number of ether oxygens (including phenoxy) is 2. The summed E-state index contributed by atoms with van der Waals surface area (Å²) in [6, 6.07) is 7.45. The van der Waals surface area contributed by atoms with E-state index in [2.05, 4.69) is 15.1 Å². The van der Waals surface area contributed by atoms with E-state index < -0.39 is 0 Å². The second-order valence-corrected chi connectivity index (χ2v) is 6.95. The second-order valence-electron chi connectivity index (χ2n) is 6.95. The Labute approximate surface area is 163 Å². The number of aryl methyl sites for hydroxylation is 2. The van der Waals surface area contributed by atoms with Crippen LogP contribution in [0.1, 0.15) is 46.5 Å². The maximum absolute atomic E-state index is 13.2. The van der Waals surface area contributed by atoms with Crippen molar-refractivity contribution in [1.82, 2.24) is 24.5 Å².